The van der Waals surface area contributed by atoms with Gasteiger partial charge in [0.15, 0.2) is 0 Å². The van der Waals surface area contributed by atoms with Crippen LogP contribution in [0.4, 0.5) is 0 Å². The van der Waals surface area contributed by atoms with E-state index in [9.17, 15) is 0 Å². The maximum atomic E-state index is 3.94. The molecule has 0 N–H and O–H groups in total. The largest absolute Gasteiger partial charge is 0.144 e. The van der Waals surface area contributed by atoms with Gasteiger partial charge in [0.1, 0.15) is 0 Å². The summed E-state index contributed by atoms with van der Waals surface area (Å²) in [5.74, 6) is 0.530. The average molecular weight is 351 g/mol. The van der Waals surface area contributed by atoms with Crippen molar-refractivity contribution in [1.29, 1.82) is 0 Å². The quantitative estimate of drug-likeness (QED) is 0.539. The smallest absolute Gasteiger partial charge is 0.0557 e. The molecule has 0 saturated carbocycles. The second-order valence-corrected chi connectivity index (χ2v) is 8.38. The fourth-order valence-corrected chi connectivity index (χ4v) is 4.64. The van der Waals surface area contributed by atoms with Crippen molar-refractivity contribution in [3.8, 4) is 0 Å². The first-order valence-corrected chi connectivity index (χ1v) is 8.96. The highest BCUT2D eigenvalue weighted by molar-refractivity contribution is 9.09. The molecule has 0 spiro atoms. The number of alkyl halides is 1. The van der Waals surface area contributed by atoms with Crippen molar-refractivity contribution in [2.75, 3.05) is 0 Å². The lowest BCUT2D eigenvalue weighted by molar-refractivity contribution is 0.604. The van der Waals surface area contributed by atoms with Crippen LogP contribution in [0.25, 0.3) is 0 Å². The summed E-state index contributed by atoms with van der Waals surface area (Å²) in [6.07, 6.45) is 1.14. The summed E-state index contributed by atoms with van der Waals surface area (Å²) in [7, 11) is 0. The van der Waals surface area contributed by atoms with Gasteiger partial charge >= 0.3 is 0 Å². The van der Waals surface area contributed by atoms with E-state index in [1.807, 2.05) is 11.3 Å². The van der Waals surface area contributed by atoms with Gasteiger partial charge in [-0.1, -0.05) is 74.0 Å². The minimum atomic E-state index is 0.240. The Bertz CT molecular complexity index is 536. The van der Waals surface area contributed by atoms with Gasteiger partial charge in [-0.05, 0) is 29.5 Å². The number of halogens is 1. The van der Waals surface area contributed by atoms with Crippen molar-refractivity contribution in [2.24, 2.45) is 0 Å². The molecule has 0 radical (unpaired) electrons. The minimum absolute atomic E-state index is 0.240. The van der Waals surface area contributed by atoms with Gasteiger partial charge in [-0.2, -0.15) is 0 Å². The number of benzene rings is 1. The monoisotopic (exact) mass is 350 g/mol. The topological polar surface area (TPSA) is 0 Å². The predicted molar refractivity (Wildman–Crippen MR) is 94.2 cm³/mol. The molecule has 0 saturated heterocycles. The number of hydrogen-bond donors (Lipinski definition) is 0. The summed E-state index contributed by atoms with van der Waals surface area (Å²) in [6, 6.07) is 15.4. The fraction of sp³-hybridized carbons (Fsp3) is 0.444. The minimum Gasteiger partial charge on any atom is -0.144 e. The van der Waals surface area contributed by atoms with Crippen molar-refractivity contribution in [1.82, 2.24) is 0 Å². The van der Waals surface area contributed by atoms with E-state index < -0.39 is 0 Å². The van der Waals surface area contributed by atoms with E-state index in [1.165, 1.54) is 15.3 Å². The molecule has 20 heavy (non-hydrogen) atoms. The van der Waals surface area contributed by atoms with Crippen LogP contribution in [0.5, 0.6) is 0 Å². The van der Waals surface area contributed by atoms with E-state index >= 15 is 0 Å². The van der Waals surface area contributed by atoms with Crippen LogP contribution in [0, 0.1) is 0 Å². The molecule has 0 aliphatic rings. The summed E-state index contributed by atoms with van der Waals surface area (Å²) < 4.78 is 0. The Labute approximate surface area is 135 Å². The summed E-state index contributed by atoms with van der Waals surface area (Å²) in [4.78, 5) is 3.29. The van der Waals surface area contributed by atoms with Gasteiger partial charge in [-0.3, -0.25) is 0 Å². The van der Waals surface area contributed by atoms with Crippen LogP contribution in [0.2, 0.25) is 0 Å². The molecule has 2 heteroatoms. The van der Waals surface area contributed by atoms with Crippen LogP contribution >= 0.6 is 27.3 Å². The van der Waals surface area contributed by atoms with Crippen LogP contribution < -0.4 is 0 Å². The number of rotatable bonds is 4. The zero-order chi connectivity index (χ0) is 14.8. The summed E-state index contributed by atoms with van der Waals surface area (Å²) in [5.41, 5.74) is 1.66. The second-order valence-electron chi connectivity index (χ2n) is 6.28. The molecule has 1 aromatic carbocycles. The van der Waals surface area contributed by atoms with Gasteiger partial charge < -0.3 is 0 Å². The van der Waals surface area contributed by atoms with Crippen LogP contribution in [-0.2, 0) is 5.41 Å². The van der Waals surface area contributed by atoms with Gasteiger partial charge in [0, 0.05) is 15.7 Å². The van der Waals surface area contributed by atoms with E-state index in [1.54, 1.807) is 0 Å². The Morgan fingerprint density at radius 1 is 1.05 bits per heavy atom. The first-order chi connectivity index (χ1) is 9.43. The average Bonchev–Trinajstić information content (AvgIpc) is 2.90. The van der Waals surface area contributed by atoms with Crippen molar-refractivity contribution in [3.05, 3.63) is 57.8 Å². The Hall–Kier alpha value is -0.600. The molecule has 2 rings (SSSR count). The zero-order valence-corrected chi connectivity index (χ0v) is 15.1. The van der Waals surface area contributed by atoms with Gasteiger partial charge in [-0.25, -0.2) is 0 Å². The molecule has 2 unspecified atom stereocenters. The SMILES string of the molecule is CCC(c1ccccc1)C(Br)c1ccc(C(C)(C)C)s1. The second kappa shape index (κ2) is 6.44. The molecule has 2 aromatic rings. The molecule has 0 nitrogen and oxygen atoms in total. The first kappa shape index (κ1) is 15.8. The Kier molecular flexibility index (Phi) is 5.09. The van der Waals surface area contributed by atoms with Crippen molar-refractivity contribution in [3.63, 3.8) is 0 Å². The molecular formula is C18H23BrS. The molecule has 2 atom stereocenters. The summed E-state index contributed by atoms with van der Waals surface area (Å²) >= 11 is 5.88. The third kappa shape index (κ3) is 3.53. The lowest BCUT2D eigenvalue weighted by Crippen LogP contribution is -2.08. The van der Waals surface area contributed by atoms with Crippen LogP contribution in [0.3, 0.4) is 0 Å². The van der Waals surface area contributed by atoms with Gasteiger partial charge in [0.2, 0.25) is 0 Å². The van der Waals surface area contributed by atoms with Gasteiger partial charge in [0.25, 0.3) is 0 Å². The molecular weight excluding hydrogens is 328 g/mol. The Morgan fingerprint density at radius 3 is 2.20 bits per heavy atom. The highest BCUT2D eigenvalue weighted by Crippen LogP contribution is 2.44. The molecule has 0 aliphatic carbocycles. The first-order valence-electron chi connectivity index (χ1n) is 7.22. The molecule has 1 heterocycles. The van der Waals surface area contributed by atoms with Crippen molar-refractivity contribution >= 4 is 27.3 Å². The number of hydrogen-bond acceptors (Lipinski definition) is 1. The third-order valence-electron chi connectivity index (χ3n) is 3.66. The maximum absolute atomic E-state index is 3.94. The lowest BCUT2D eigenvalue weighted by Gasteiger charge is -2.21. The molecule has 108 valence electrons. The van der Waals surface area contributed by atoms with Crippen molar-refractivity contribution in [2.45, 2.75) is 50.3 Å². The Balaban J connectivity index is 2.25. The predicted octanol–water partition coefficient (Wildman–Crippen LogP) is 6.68. The fourth-order valence-electron chi connectivity index (χ4n) is 2.41. The van der Waals surface area contributed by atoms with Gasteiger partial charge in [0.05, 0.1) is 4.83 Å². The normalized spacial score (nSPS) is 15.1. The van der Waals surface area contributed by atoms with E-state index in [4.69, 9.17) is 0 Å². The molecule has 0 aliphatic heterocycles. The molecule has 0 fully saturated rings. The van der Waals surface area contributed by atoms with E-state index in [0.717, 1.165) is 6.42 Å². The zero-order valence-electron chi connectivity index (χ0n) is 12.7. The highest BCUT2D eigenvalue weighted by atomic mass is 79.9. The number of thiophene rings is 1. The van der Waals surface area contributed by atoms with E-state index in [0.29, 0.717) is 10.7 Å². The van der Waals surface area contributed by atoms with Gasteiger partial charge in [-0.15, -0.1) is 11.3 Å². The third-order valence-corrected chi connectivity index (χ3v) is 6.69. The van der Waals surface area contributed by atoms with Crippen molar-refractivity contribution < 1.29 is 0 Å². The summed E-state index contributed by atoms with van der Waals surface area (Å²) in [6.45, 7) is 9.10. The Morgan fingerprint density at radius 2 is 1.70 bits per heavy atom. The van der Waals surface area contributed by atoms with E-state index in [-0.39, 0.29) is 5.41 Å². The highest BCUT2D eigenvalue weighted by Gasteiger charge is 2.24. The van der Waals surface area contributed by atoms with Crippen LogP contribution in [0.1, 0.15) is 60.2 Å². The van der Waals surface area contributed by atoms with E-state index in [2.05, 4.69) is 86.1 Å². The maximum Gasteiger partial charge on any atom is 0.0557 e. The molecule has 0 amide bonds. The van der Waals surface area contributed by atoms with Crippen LogP contribution in [0.15, 0.2) is 42.5 Å². The van der Waals surface area contributed by atoms with Crippen LogP contribution in [-0.4, -0.2) is 0 Å². The molecule has 0 bridgehead atoms. The standard InChI is InChI=1S/C18H23BrS/c1-5-14(13-9-7-6-8-10-13)17(19)15-11-12-16(20-15)18(2,3)4/h6-12,14,17H,5H2,1-4H3. The lowest BCUT2D eigenvalue weighted by atomic mass is 9.92. The summed E-state index contributed by atoms with van der Waals surface area (Å²) in [5, 5.41) is 0. The molecule has 1 aromatic heterocycles.